The molecule has 4 nitrogen and oxygen atoms in total. The maximum atomic E-state index is 11.1. The van der Waals surface area contributed by atoms with E-state index in [1.165, 1.54) is 0 Å². The minimum absolute atomic E-state index is 0.236. The van der Waals surface area contributed by atoms with Crippen LogP contribution in [0.4, 0.5) is 5.69 Å². The third-order valence-corrected chi connectivity index (χ3v) is 2.02. The smallest absolute Gasteiger partial charge is 0.308 e. The lowest BCUT2D eigenvalue weighted by Crippen LogP contribution is -2.08. The van der Waals surface area contributed by atoms with Crippen LogP contribution in [0.25, 0.3) is 0 Å². The van der Waals surface area contributed by atoms with Crippen molar-refractivity contribution in [3.8, 4) is 0 Å². The van der Waals surface area contributed by atoms with Crippen molar-refractivity contribution >= 4 is 17.9 Å². The molecule has 17 heavy (non-hydrogen) atoms. The highest BCUT2D eigenvalue weighted by Gasteiger charge is 2.00. The van der Waals surface area contributed by atoms with Gasteiger partial charge in [0.15, 0.2) is 0 Å². The van der Waals surface area contributed by atoms with Gasteiger partial charge in [0.2, 0.25) is 0 Å². The molecule has 0 heterocycles. The van der Waals surface area contributed by atoms with Crippen LogP contribution in [0.1, 0.15) is 12.8 Å². The number of carbonyl (C=O) groups is 1. The first-order chi connectivity index (χ1) is 8.33. The zero-order valence-corrected chi connectivity index (χ0v) is 9.96. The standard InChI is InChI=1S/C13H17NO3/c1-16-11-8-13(15)17-10-5-9-14-12-6-3-2-4-7-12/h2-4,6-7,9H,5,8,10-11H2,1H3. The molecule has 0 aliphatic carbocycles. The van der Waals surface area contributed by atoms with Crippen molar-refractivity contribution in [3.63, 3.8) is 0 Å². The molecule has 0 saturated carbocycles. The summed E-state index contributed by atoms with van der Waals surface area (Å²) in [6.07, 6.45) is 2.67. The van der Waals surface area contributed by atoms with Gasteiger partial charge in [-0.05, 0) is 12.1 Å². The van der Waals surface area contributed by atoms with Crippen LogP contribution in [0, 0.1) is 0 Å². The second-order valence-electron chi connectivity index (χ2n) is 3.40. The lowest BCUT2D eigenvalue weighted by molar-refractivity contribution is -0.144. The number of ether oxygens (including phenoxy) is 2. The number of hydrogen-bond donors (Lipinski definition) is 0. The topological polar surface area (TPSA) is 47.9 Å². The van der Waals surface area contributed by atoms with E-state index in [4.69, 9.17) is 9.47 Å². The van der Waals surface area contributed by atoms with E-state index in [-0.39, 0.29) is 5.97 Å². The molecule has 0 fully saturated rings. The van der Waals surface area contributed by atoms with Crippen molar-refractivity contribution in [1.82, 2.24) is 0 Å². The zero-order chi connectivity index (χ0) is 12.3. The van der Waals surface area contributed by atoms with Crippen molar-refractivity contribution < 1.29 is 14.3 Å². The van der Waals surface area contributed by atoms with Gasteiger partial charge in [-0.25, -0.2) is 0 Å². The lowest BCUT2D eigenvalue weighted by atomic mass is 10.3. The number of benzene rings is 1. The van der Waals surface area contributed by atoms with Gasteiger partial charge in [-0.3, -0.25) is 9.79 Å². The van der Waals surface area contributed by atoms with Crippen LogP contribution < -0.4 is 0 Å². The summed E-state index contributed by atoms with van der Waals surface area (Å²) in [5.74, 6) is -0.236. The first-order valence-corrected chi connectivity index (χ1v) is 5.55. The summed E-state index contributed by atoms with van der Waals surface area (Å²) < 4.78 is 9.74. The molecular formula is C13H17NO3. The summed E-state index contributed by atoms with van der Waals surface area (Å²) in [7, 11) is 1.56. The number of esters is 1. The maximum Gasteiger partial charge on any atom is 0.308 e. The van der Waals surface area contributed by atoms with Crippen LogP contribution in [0.5, 0.6) is 0 Å². The molecule has 0 unspecified atom stereocenters. The Morgan fingerprint density at radius 2 is 2.06 bits per heavy atom. The van der Waals surface area contributed by atoms with E-state index >= 15 is 0 Å². The first kappa shape index (κ1) is 13.4. The molecule has 0 bridgehead atoms. The van der Waals surface area contributed by atoms with Gasteiger partial charge in [0.05, 0.1) is 25.3 Å². The van der Waals surface area contributed by atoms with E-state index in [0.29, 0.717) is 26.1 Å². The Labute approximate surface area is 101 Å². The molecule has 0 atom stereocenters. The molecule has 0 N–H and O–H groups in total. The second-order valence-corrected chi connectivity index (χ2v) is 3.40. The van der Waals surface area contributed by atoms with Crippen LogP contribution >= 0.6 is 0 Å². The Bertz CT molecular complexity index is 349. The molecule has 0 aliphatic rings. The van der Waals surface area contributed by atoms with E-state index < -0.39 is 0 Å². The second kappa shape index (κ2) is 8.47. The molecule has 0 spiro atoms. The third-order valence-electron chi connectivity index (χ3n) is 2.02. The Hall–Kier alpha value is -1.68. The average molecular weight is 235 g/mol. The van der Waals surface area contributed by atoms with Crippen LogP contribution in [0.2, 0.25) is 0 Å². The number of para-hydroxylation sites is 1. The average Bonchev–Trinajstić information content (AvgIpc) is 2.37. The molecule has 0 aliphatic heterocycles. The fourth-order valence-corrected chi connectivity index (χ4v) is 1.17. The van der Waals surface area contributed by atoms with E-state index in [9.17, 15) is 4.79 Å². The fourth-order valence-electron chi connectivity index (χ4n) is 1.17. The summed E-state index contributed by atoms with van der Waals surface area (Å²) in [4.78, 5) is 15.3. The summed E-state index contributed by atoms with van der Waals surface area (Å²) >= 11 is 0. The van der Waals surface area contributed by atoms with Gasteiger partial charge in [-0.2, -0.15) is 0 Å². The van der Waals surface area contributed by atoms with Gasteiger partial charge in [0.1, 0.15) is 0 Å². The molecule has 0 amide bonds. The summed E-state index contributed by atoms with van der Waals surface area (Å²) in [5, 5.41) is 0. The van der Waals surface area contributed by atoms with Gasteiger partial charge in [-0.15, -0.1) is 0 Å². The molecule has 1 aromatic rings. The Morgan fingerprint density at radius 3 is 2.76 bits per heavy atom. The lowest BCUT2D eigenvalue weighted by Gasteiger charge is -2.01. The molecule has 0 radical (unpaired) electrons. The number of aliphatic imine (C=N–C) groups is 1. The quantitative estimate of drug-likeness (QED) is 0.414. The van der Waals surface area contributed by atoms with E-state index in [1.807, 2.05) is 30.3 Å². The van der Waals surface area contributed by atoms with Gasteiger partial charge >= 0.3 is 5.97 Å². The highest BCUT2D eigenvalue weighted by molar-refractivity contribution is 5.70. The van der Waals surface area contributed by atoms with E-state index in [1.54, 1.807) is 13.3 Å². The third kappa shape index (κ3) is 6.48. The van der Waals surface area contributed by atoms with Gasteiger partial charge in [-0.1, -0.05) is 18.2 Å². The molecular weight excluding hydrogens is 218 g/mol. The monoisotopic (exact) mass is 235 g/mol. The van der Waals surface area contributed by atoms with Gasteiger partial charge in [0.25, 0.3) is 0 Å². The van der Waals surface area contributed by atoms with Crippen LogP contribution in [-0.4, -0.2) is 32.5 Å². The Balaban J connectivity index is 2.12. The molecule has 0 saturated heterocycles. The van der Waals surface area contributed by atoms with Gasteiger partial charge < -0.3 is 9.47 Å². The molecule has 92 valence electrons. The Kier molecular flexibility index (Phi) is 6.67. The molecule has 1 aromatic carbocycles. The number of methoxy groups -OCH3 is 1. The van der Waals surface area contributed by atoms with Crippen molar-refractivity contribution in [2.75, 3.05) is 20.3 Å². The number of rotatable bonds is 7. The summed E-state index contributed by atoms with van der Waals surface area (Å²) in [6.45, 7) is 0.760. The summed E-state index contributed by atoms with van der Waals surface area (Å²) in [5.41, 5.74) is 0.901. The summed E-state index contributed by atoms with van der Waals surface area (Å²) in [6, 6.07) is 9.63. The number of hydrogen-bond acceptors (Lipinski definition) is 4. The maximum absolute atomic E-state index is 11.1. The fraction of sp³-hybridized carbons (Fsp3) is 0.385. The van der Waals surface area contributed by atoms with Crippen molar-refractivity contribution in [1.29, 1.82) is 0 Å². The molecule has 4 heteroatoms. The highest BCUT2D eigenvalue weighted by atomic mass is 16.5. The Morgan fingerprint density at radius 1 is 1.29 bits per heavy atom. The zero-order valence-electron chi connectivity index (χ0n) is 9.96. The predicted octanol–water partition coefficient (Wildman–Crippen LogP) is 2.36. The van der Waals surface area contributed by atoms with E-state index in [2.05, 4.69) is 4.99 Å². The number of nitrogens with zero attached hydrogens (tertiary/aromatic N) is 1. The minimum Gasteiger partial charge on any atom is -0.465 e. The van der Waals surface area contributed by atoms with Crippen LogP contribution in [0.3, 0.4) is 0 Å². The molecule has 0 aromatic heterocycles. The van der Waals surface area contributed by atoms with Crippen molar-refractivity contribution in [3.05, 3.63) is 30.3 Å². The minimum atomic E-state index is -0.236. The van der Waals surface area contributed by atoms with Crippen molar-refractivity contribution in [2.45, 2.75) is 12.8 Å². The van der Waals surface area contributed by atoms with Crippen molar-refractivity contribution in [2.24, 2.45) is 4.99 Å². The SMILES string of the molecule is COCCC(=O)OCCC=Nc1ccccc1. The van der Waals surface area contributed by atoms with Crippen LogP contribution in [-0.2, 0) is 14.3 Å². The highest BCUT2D eigenvalue weighted by Crippen LogP contribution is 2.08. The first-order valence-electron chi connectivity index (χ1n) is 5.55. The number of carbonyl (C=O) groups excluding carboxylic acids is 1. The van der Waals surface area contributed by atoms with Gasteiger partial charge in [0, 0.05) is 19.7 Å². The van der Waals surface area contributed by atoms with Crippen LogP contribution in [0.15, 0.2) is 35.3 Å². The van der Waals surface area contributed by atoms with E-state index in [0.717, 1.165) is 5.69 Å². The normalized spacial score (nSPS) is 10.6. The molecule has 1 rings (SSSR count). The predicted molar refractivity (Wildman–Crippen MR) is 66.7 cm³/mol. The largest absolute Gasteiger partial charge is 0.465 e.